The maximum Gasteiger partial charge on any atom is 0.191 e. The normalized spacial score (nSPS) is 27.3. The van der Waals surface area contributed by atoms with Crippen LogP contribution in [0.4, 0.5) is 0 Å². The second kappa shape index (κ2) is 6.29. The quantitative estimate of drug-likeness (QED) is 0.823. The van der Waals surface area contributed by atoms with Crippen molar-refractivity contribution in [1.82, 2.24) is 0 Å². The van der Waals surface area contributed by atoms with Gasteiger partial charge < -0.3 is 5.73 Å². The molecule has 3 rings (SSSR count). The van der Waals surface area contributed by atoms with E-state index >= 15 is 0 Å². The number of benzene rings is 1. The minimum atomic E-state index is -1.56. The first-order valence-electron chi connectivity index (χ1n) is 8.17. The molecule has 3 atom stereocenters. The third-order valence-electron chi connectivity index (χ3n) is 5.34. The smallest absolute Gasteiger partial charge is 0.191 e. The van der Waals surface area contributed by atoms with Crippen LogP contribution in [0.5, 0.6) is 0 Å². The van der Waals surface area contributed by atoms with Crippen molar-refractivity contribution in [2.75, 3.05) is 0 Å². The molecule has 0 aromatic heterocycles. The highest BCUT2D eigenvalue weighted by molar-refractivity contribution is 6.30. The molecule has 0 spiro atoms. The molecule has 0 amide bonds. The molecule has 3 unspecified atom stereocenters. The van der Waals surface area contributed by atoms with Crippen LogP contribution in [0.1, 0.15) is 31.2 Å². The molecule has 0 radical (unpaired) electrons. The Morgan fingerprint density at radius 2 is 1.80 bits per heavy atom. The van der Waals surface area contributed by atoms with Crippen LogP contribution in [0.2, 0.25) is 5.02 Å². The monoisotopic (exact) mass is 348 g/mol. The summed E-state index contributed by atoms with van der Waals surface area (Å²) >= 11 is 6.01. The first-order valence-corrected chi connectivity index (χ1v) is 8.55. The zero-order chi connectivity index (χ0) is 18.2. The molecule has 1 aromatic rings. The van der Waals surface area contributed by atoms with Crippen molar-refractivity contribution in [3.05, 3.63) is 57.8 Å². The summed E-state index contributed by atoms with van der Waals surface area (Å²) in [4.78, 5) is 0. The van der Waals surface area contributed by atoms with Gasteiger partial charge in [0.25, 0.3) is 0 Å². The fourth-order valence-electron chi connectivity index (χ4n) is 4.12. The number of rotatable bonds is 1. The molecule has 0 heterocycles. The summed E-state index contributed by atoms with van der Waals surface area (Å²) in [5, 5.41) is 30.1. The maximum absolute atomic E-state index is 9.93. The average molecular weight is 349 g/mol. The third kappa shape index (κ3) is 2.49. The van der Waals surface area contributed by atoms with E-state index < -0.39 is 11.3 Å². The second-order valence-corrected chi connectivity index (χ2v) is 7.24. The standard InChI is InChI=1S/C20H17ClN4/c1-12-2-7-15-16(8-12)18(13-3-5-14(21)6-4-13)20(10-23,11-24)19(25)17(15)9-22/h3-7,12,16,18H,2,8,25H2,1H3. The average Bonchev–Trinajstić information content (AvgIpc) is 2.62. The van der Waals surface area contributed by atoms with Crippen LogP contribution in [-0.2, 0) is 0 Å². The lowest BCUT2D eigenvalue weighted by Gasteiger charge is -2.44. The van der Waals surface area contributed by atoms with E-state index in [-0.39, 0.29) is 11.6 Å². The van der Waals surface area contributed by atoms with Gasteiger partial charge in [-0.15, -0.1) is 0 Å². The van der Waals surface area contributed by atoms with E-state index in [1.54, 1.807) is 12.1 Å². The maximum atomic E-state index is 9.93. The summed E-state index contributed by atoms with van der Waals surface area (Å²) in [7, 11) is 0. The third-order valence-corrected chi connectivity index (χ3v) is 5.59. The number of halogens is 1. The summed E-state index contributed by atoms with van der Waals surface area (Å²) in [6.45, 7) is 2.14. The molecular weight excluding hydrogens is 332 g/mol. The molecule has 25 heavy (non-hydrogen) atoms. The van der Waals surface area contributed by atoms with Crippen LogP contribution in [0.15, 0.2) is 47.2 Å². The lowest BCUT2D eigenvalue weighted by atomic mass is 9.56. The van der Waals surface area contributed by atoms with Gasteiger partial charge in [-0.3, -0.25) is 0 Å². The van der Waals surface area contributed by atoms with E-state index in [1.165, 1.54) is 0 Å². The van der Waals surface area contributed by atoms with Crippen molar-refractivity contribution in [2.45, 2.75) is 25.7 Å². The Balaban J connectivity index is 2.32. The van der Waals surface area contributed by atoms with E-state index in [9.17, 15) is 15.8 Å². The Kier molecular flexibility index (Phi) is 4.30. The zero-order valence-electron chi connectivity index (χ0n) is 13.8. The van der Waals surface area contributed by atoms with Crippen molar-refractivity contribution < 1.29 is 0 Å². The Morgan fingerprint density at radius 1 is 1.16 bits per heavy atom. The highest BCUT2D eigenvalue weighted by atomic mass is 35.5. The molecule has 2 aliphatic rings. The van der Waals surface area contributed by atoms with E-state index in [4.69, 9.17) is 17.3 Å². The van der Waals surface area contributed by atoms with Gasteiger partial charge in [-0.25, -0.2) is 0 Å². The lowest BCUT2D eigenvalue weighted by molar-refractivity contribution is 0.284. The van der Waals surface area contributed by atoms with Crippen LogP contribution in [0.25, 0.3) is 0 Å². The lowest BCUT2D eigenvalue weighted by Crippen LogP contribution is -2.43. The topological polar surface area (TPSA) is 97.4 Å². The van der Waals surface area contributed by atoms with Gasteiger partial charge in [0.1, 0.15) is 6.07 Å². The Bertz CT molecular complexity index is 876. The van der Waals surface area contributed by atoms with Crippen molar-refractivity contribution in [3.63, 3.8) is 0 Å². The molecule has 5 heteroatoms. The van der Waals surface area contributed by atoms with Gasteiger partial charge in [-0.2, -0.15) is 15.8 Å². The molecule has 1 aromatic carbocycles. The number of allylic oxidation sites excluding steroid dienone is 4. The Labute approximate surface area is 152 Å². The van der Waals surface area contributed by atoms with Gasteiger partial charge >= 0.3 is 0 Å². The number of nitrogens with zero attached hydrogens (tertiary/aromatic N) is 3. The summed E-state index contributed by atoms with van der Waals surface area (Å²) < 4.78 is 0. The van der Waals surface area contributed by atoms with Crippen LogP contribution in [-0.4, -0.2) is 0 Å². The van der Waals surface area contributed by atoms with E-state index in [0.29, 0.717) is 16.5 Å². The van der Waals surface area contributed by atoms with Gasteiger partial charge in [-0.1, -0.05) is 36.7 Å². The molecule has 0 saturated carbocycles. The highest BCUT2D eigenvalue weighted by Gasteiger charge is 2.54. The molecule has 0 fully saturated rings. The van der Waals surface area contributed by atoms with Gasteiger partial charge in [0, 0.05) is 10.9 Å². The van der Waals surface area contributed by atoms with E-state index in [2.05, 4.69) is 25.1 Å². The largest absolute Gasteiger partial charge is 0.399 e. The molecular formula is C20H17ClN4. The van der Waals surface area contributed by atoms with Gasteiger partial charge in [0.05, 0.1) is 23.4 Å². The van der Waals surface area contributed by atoms with Crippen LogP contribution >= 0.6 is 11.6 Å². The van der Waals surface area contributed by atoms with Crippen molar-refractivity contribution in [2.24, 2.45) is 23.0 Å². The summed E-state index contributed by atoms with van der Waals surface area (Å²) in [6.07, 6.45) is 3.72. The summed E-state index contributed by atoms with van der Waals surface area (Å²) in [5.74, 6) is -0.102. The van der Waals surface area contributed by atoms with Crippen LogP contribution in [0, 0.1) is 51.2 Å². The van der Waals surface area contributed by atoms with Crippen molar-refractivity contribution >= 4 is 11.6 Å². The van der Waals surface area contributed by atoms with Crippen molar-refractivity contribution in [3.8, 4) is 18.2 Å². The Hall–Kier alpha value is -2.74. The predicted molar refractivity (Wildman–Crippen MR) is 94.6 cm³/mol. The summed E-state index contributed by atoms with van der Waals surface area (Å²) in [6, 6.07) is 13.6. The van der Waals surface area contributed by atoms with E-state index in [1.807, 2.05) is 18.2 Å². The fourth-order valence-corrected chi connectivity index (χ4v) is 4.25. The van der Waals surface area contributed by atoms with E-state index in [0.717, 1.165) is 24.0 Å². The number of fused-ring (bicyclic) bond motifs is 1. The number of hydrogen-bond acceptors (Lipinski definition) is 4. The first-order chi connectivity index (χ1) is 12.0. The van der Waals surface area contributed by atoms with Crippen molar-refractivity contribution in [1.29, 1.82) is 15.8 Å². The molecule has 2 aliphatic carbocycles. The van der Waals surface area contributed by atoms with Gasteiger partial charge in [-0.05, 0) is 47.9 Å². The fraction of sp³-hybridized carbons (Fsp3) is 0.350. The van der Waals surface area contributed by atoms with Gasteiger partial charge in [0.15, 0.2) is 5.41 Å². The molecule has 0 saturated heterocycles. The molecule has 0 aliphatic heterocycles. The number of nitrogens with two attached hydrogens (primary N) is 1. The minimum Gasteiger partial charge on any atom is -0.399 e. The molecule has 4 nitrogen and oxygen atoms in total. The predicted octanol–water partition coefficient (Wildman–Crippen LogP) is 4.18. The molecule has 2 N–H and O–H groups in total. The molecule has 0 bridgehead atoms. The SMILES string of the molecule is CC1CC=C2C(C#N)=C(N)C(C#N)(C#N)C(c3ccc(Cl)cc3)C2C1. The number of hydrogen-bond donors (Lipinski definition) is 1. The van der Waals surface area contributed by atoms with Crippen LogP contribution < -0.4 is 5.73 Å². The Morgan fingerprint density at radius 3 is 2.36 bits per heavy atom. The highest BCUT2D eigenvalue weighted by Crippen LogP contribution is 2.56. The second-order valence-electron chi connectivity index (χ2n) is 6.80. The summed E-state index contributed by atoms with van der Waals surface area (Å²) in [5.41, 5.74) is 6.76. The minimum absolute atomic E-state index is 0.0667. The van der Waals surface area contributed by atoms with Crippen LogP contribution in [0.3, 0.4) is 0 Å². The zero-order valence-corrected chi connectivity index (χ0v) is 14.6. The number of nitriles is 3. The first kappa shape index (κ1) is 17.1. The van der Waals surface area contributed by atoms with Gasteiger partial charge in [0.2, 0.25) is 0 Å². The molecule has 124 valence electrons.